The van der Waals surface area contributed by atoms with Crippen LogP contribution in [0.3, 0.4) is 0 Å². The molecule has 4 nitrogen and oxygen atoms in total. The largest absolute Gasteiger partial charge is 0.444 e. The Morgan fingerprint density at radius 3 is 2.71 bits per heavy atom. The standard InChI is InChI=1S/C19H26N2O2S/c1-19(2,3)23-18(22)21-12-10-14(11-13-21)8-9-16-15-6-4-5-7-17(15)24-20-16/h4-7,14H,8-13H2,1-3H3. The van der Waals surface area contributed by atoms with Gasteiger partial charge in [-0.3, -0.25) is 0 Å². The Labute approximate surface area is 148 Å². The Bertz CT molecular complexity index is 697. The van der Waals surface area contributed by atoms with E-state index in [0.717, 1.165) is 38.8 Å². The minimum absolute atomic E-state index is 0.175. The van der Waals surface area contributed by atoms with Crippen molar-refractivity contribution < 1.29 is 9.53 Å². The predicted octanol–water partition coefficient (Wildman–Crippen LogP) is 4.88. The molecule has 1 fully saturated rings. The molecule has 0 unspecified atom stereocenters. The molecule has 1 aliphatic heterocycles. The first-order valence-electron chi connectivity index (χ1n) is 8.73. The summed E-state index contributed by atoms with van der Waals surface area (Å²) in [4.78, 5) is 14.0. The van der Waals surface area contributed by atoms with Crippen LogP contribution >= 0.6 is 11.5 Å². The second-order valence-electron chi connectivity index (χ2n) is 7.57. The fourth-order valence-corrected chi connectivity index (χ4v) is 4.01. The Hall–Kier alpha value is -1.62. The number of carbonyl (C=O) groups is 1. The van der Waals surface area contributed by atoms with Crippen LogP contribution in [0.15, 0.2) is 24.3 Å². The number of amides is 1. The van der Waals surface area contributed by atoms with E-state index in [9.17, 15) is 4.79 Å². The van der Waals surface area contributed by atoms with Crippen LogP contribution in [0.5, 0.6) is 0 Å². The fraction of sp³-hybridized carbons (Fsp3) is 0.579. The highest BCUT2D eigenvalue weighted by Crippen LogP contribution is 2.27. The number of carbonyl (C=O) groups excluding carboxylic acids is 1. The number of aromatic nitrogens is 1. The van der Waals surface area contributed by atoms with Crippen molar-refractivity contribution in [2.45, 2.75) is 52.1 Å². The second-order valence-corrected chi connectivity index (χ2v) is 8.38. The first kappa shape index (κ1) is 17.2. The summed E-state index contributed by atoms with van der Waals surface area (Å²) in [6.07, 6.45) is 4.12. The number of piperidine rings is 1. The maximum absolute atomic E-state index is 12.1. The highest BCUT2D eigenvalue weighted by Gasteiger charge is 2.26. The van der Waals surface area contributed by atoms with Crippen LogP contribution in [-0.4, -0.2) is 34.1 Å². The van der Waals surface area contributed by atoms with Crippen LogP contribution < -0.4 is 0 Å². The lowest BCUT2D eigenvalue weighted by atomic mass is 9.91. The number of hydrogen-bond donors (Lipinski definition) is 0. The predicted molar refractivity (Wildman–Crippen MR) is 98.5 cm³/mol. The van der Waals surface area contributed by atoms with Gasteiger partial charge in [0.2, 0.25) is 0 Å². The van der Waals surface area contributed by atoms with Crippen molar-refractivity contribution in [1.29, 1.82) is 0 Å². The molecule has 1 saturated heterocycles. The molecule has 1 aromatic heterocycles. The molecule has 0 saturated carbocycles. The third-order valence-corrected chi connectivity index (χ3v) is 5.37. The average Bonchev–Trinajstić information content (AvgIpc) is 2.95. The average molecular weight is 346 g/mol. The Morgan fingerprint density at radius 2 is 2.00 bits per heavy atom. The molecular weight excluding hydrogens is 320 g/mol. The van der Waals surface area contributed by atoms with E-state index in [0.29, 0.717) is 5.92 Å². The Morgan fingerprint density at radius 1 is 1.29 bits per heavy atom. The summed E-state index contributed by atoms with van der Waals surface area (Å²) in [5, 5.41) is 1.30. The van der Waals surface area contributed by atoms with Gasteiger partial charge in [0.25, 0.3) is 0 Å². The SMILES string of the molecule is CC(C)(C)OC(=O)N1CCC(CCc2nsc3ccccc23)CC1. The van der Waals surface area contributed by atoms with Crippen molar-refractivity contribution in [1.82, 2.24) is 9.27 Å². The van der Waals surface area contributed by atoms with Gasteiger partial charge in [-0.2, -0.15) is 4.37 Å². The molecule has 0 spiro atoms. The molecule has 1 aromatic carbocycles. The number of hydrogen-bond acceptors (Lipinski definition) is 4. The molecule has 130 valence electrons. The zero-order chi connectivity index (χ0) is 17.2. The molecule has 0 N–H and O–H groups in total. The van der Waals surface area contributed by atoms with Crippen molar-refractivity contribution in [3.8, 4) is 0 Å². The van der Waals surface area contributed by atoms with Crippen LogP contribution in [0.2, 0.25) is 0 Å². The summed E-state index contributed by atoms with van der Waals surface area (Å²) in [7, 11) is 0. The van der Waals surface area contributed by atoms with Crippen LogP contribution in [0.4, 0.5) is 4.79 Å². The van der Waals surface area contributed by atoms with Gasteiger partial charge in [0.05, 0.1) is 10.4 Å². The number of ether oxygens (including phenoxy) is 1. The first-order valence-corrected chi connectivity index (χ1v) is 9.51. The van der Waals surface area contributed by atoms with E-state index >= 15 is 0 Å². The maximum Gasteiger partial charge on any atom is 0.410 e. The van der Waals surface area contributed by atoms with Gasteiger partial charge in [-0.15, -0.1) is 0 Å². The van der Waals surface area contributed by atoms with Crippen molar-refractivity contribution >= 4 is 27.7 Å². The molecule has 1 amide bonds. The second kappa shape index (κ2) is 7.09. The minimum atomic E-state index is -0.417. The van der Waals surface area contributed by atoms with E-state index in [1.165, 1.54) is 15.8 Å². The molecule has 2 aromatic rings. The number of likely N-dealkylation sites (tertiary alicyclic amines) is 1. The molecule has 3 rings (SSSR count). The smallest absolute Gasteiger partial charge is 0.410 e. The van der Waals surface area contributed by atoms with Crippen molar-refractivity contribution in [3.63, 3.8) is 0 Å². The van der Waals surface area contributed by atoms with Crippen molar-refractivity contribution in [2.75, 3.05) is 13.1 Å². The summed E-state index contributed by atoms with van der Waals surface area (Å²) < 4.78 is 11.3. The number of rotatable bonds is 3. The molecule has 0 radical (unpaired) electrons. The lowest BCUT2D eigenvalue weighted by Gasteiger charge is -2.33. The van der Waals surface area contributed by atoms with Crippen LogP contribution in [0.25, 0.3) is 10.1 Å². The summed E-state index contributed by atoms with van der Waals surface area (Å²) >= 11 is 1.59. The van der Waals surface area contributed by atoms with Crippen LogP contribution in [0, 0.1) is 5.92 Å². The summed E-state index contributed by atoms with van der Waals surface area (Å²) in [5.74, 6) is 0.671. The van der Waals surface area contributed by atoms with Gasteiger partial charge in [-0.25, -0.2) is 4.79 Å². The van der Waals surface area contributed by atoms with Gasteiger partial charge in [0.15, 0.2) is 0 Å². The molecule has 0 bridgehead atoms. The van der Waals surface area contributed by atoms with Gasteiger partial charge in [-0.1, -0.05) is 18.2 Å². The van der Waals surface area contributed by atoms with E-state index in [2.05, 4.69) is 28.6 Å². The van der Waals surface area contributed by atoms with Crippen LogP contribution in [0.1, 0.15) is 45.7 Å². The van der Waals surface area contributed by atoms with Gasteiger partial charge in [0.1, 0.15) is 5.60 Å². The Balaban J connectivity index is 1.48. The normalized spacial score (nSPS) is 16.5. The number of aryl methyl sites for hydroxylation is 1. The van der Waals surface area contributed by atoms with Crippen molar-refractivity contribution in [2.24, 2.45) is 5.92 Å². The van der Waals surface area contributed by atoms with E-state index in [1.54, 1.807) is 11.5 Å². The van der Waals surface area contributed by atoms with E-state index in [4.69, 9.17) is 4.74 Å². The quantitative estimate of drug-likeness (QED) is 0.796. The van der Waals surface area contributed by atoms with E-state index in [-0.39, 0.29) is 6.09 Å². The molecular formula is C19H26N2O2S. The molecule has 0 atom stereocenters. The highest BCUT2D eigenvalue weighted by atomic mass is 32.1. The van der Waals surface area contributed by atoms with Gasteiger partial charge in [-0.05, 0) is 70.0 Å². The number of fused-ring (bicyclic) bond motifs is 1. The van der Waals surface area contributed by atoms with Crippen LogP contribution in [-0.2, 0) is 11.2 Å². The summed E-state index contributed by atoms with van der Waals surface area (Å²) in [5.41, 5.74) is 0.810. The third-order valence-electron chi connectivity index (χ3n) is 4.51. The number of benzene rings is 1. The lowest BCUT2D eigenvalue weighted by molar-refractivity contribution is 0.0181. The summed E-state index contributed by atoms with van der Waals surface area (Å²) in [6, 6.07) is 8.45. The third kappa shape index (κ3) is 4.26. The minimum Gasteiger partial charge on any atom is -0.444 e. The lowest BCUT2D eigenvalue weighted by Crippen LogP contribution is -2.41. The van der Waals surface area contributed by atoms with Gasteiger partial charge in [0, 0.05) is 18.5 Å². The van der Waals surface area contributed by atoms with Gasteiger partial charge < -0.3 is 9.64 Å². The zero-order valence-corrected chi connectivity index (χ0v) is 15.6. The maximum atomic E-state index is 12.1. The monoisotopic (exact) mass is 346 g/mol. The molecule has 2 heterocycles. The molecule has 24 heavy (non-hydrogen) atoms. The van der Waals surface area contributed by atoms with E-state index < -0.39 is 5.60 Å². The topological polar surface area (TPSA) is 42.4 Å². The first-order chi connectivity index (χ1) is 11.4. The van der Waals surface area contributed by atoms with E-state index in [1.807, 2.05) is 25.7 Å². The fourth-order valence-electron chi connectivity index (χ4n) is 3.19. The molecule has 5 heteroatoms. The summed E-state index contributed by atoms with van der Waals surface area (Å²) in [6.45, 7) is 7.34. The van der Waals surface area contributed by atoms with Gasteiger partial charge >= 0.3 is 6.09 Å². The highest BCUT2D eigenvalue weighted by molar-refractivity contribution is 7.13. The number of nitrogens with zero attached hydrogens (tertiary/aromatic N) is 2. The molecule has 0 aliphatic carbocycles. The molecule has 1 aliphatic rings. The Kier molecular flexibility index (Phi) is 5.09. The zero-order valence-electron chi connectivity index (χ0n) is 14.7. The van der Waals surface area contributed by atoms with Crippen molar-refractivity contribution in [3.05, 3.63) is 30.0 Å².